The first-order chi connectivity index (χ1) is 56.3. The number of carbonyl (C=O) groups is 10. The molecular weight excluding hydrogens is 1600 g/mol. The van der Waals surface area contributed by atoms with Crippen LogP contribution in [0.3, 0.4) is 0 Å². The number of hydrogen-bond donors (Lipinski definition) is 3. The molecule has 126 heavy (non-hydrogen) atoms. The third-order valence-electron chi connectivity index (χ3n) is 37.8. The average molecular weight is 1770 g/mol. The minimum atomic E-state index is -0.829. The fourth-order valence-corrected chi connectivity index (χ4v) is 30.7. The molecule has 3 aliphatic heterocycles. The summed E-state index contributed by atoms with van der Waals surface area (Å²) in [6, 6.07) is 0. The Kier molecular flexibility index (Phi) is 32.3. The number of fused-ring (bicyclic) bond motifs is 5. The Balaban J connectivity index is 0.000000169. The second-order valence-corrected chi connectivity index (χ2v) is 46.2. The van der Waals surface area contributed by atoms with Gasteiger partial charge in [0.25, 0.3) is 0 Å². The van der Waals surface area contributed by atoms with E-state index in [9.17, 15) is 63.3 Å². The molecular formula is C105H174O21. The predicted octanol–water partition coefficient (Wildman–Crippen LogP) is 20.6. The quantitative estimate of drug-likeness (QED) is 0.0826. The Morgan fingerprint density at radius 3 is 1.16 bits per heavy atom. The lowest BCUT2D eigenvalue weighted by molar-refractivity contribution is -0.262. The van der Waals surface area contributed by atoms with Gasteiger partial charge in [0.2, 0.25) is 0 Å². The van der Waals surface area contributed by atoms with Gasteiger partial charge in [0, 0.05) is 42.9 Å². The highest BCUT2D eigenvalue weighted by Gasteiger charge is 2.68. The molecule has 22 bridgehead atoms. The van der Waals surface area contributed by atoms with E-state index in [0.717, 1.165) is 143 Å². The highest BCUT2D eigenvalue weighted by Crippen LogP contribution is 2.68. The Morgan fingerprint density at radius 1 is 0.397 bits per heavy atom. The van der Waals surface area contributed by atoms with Crippen LogP contribution in [0.2, 0.25) is 0 Å². The Labute approximate surface area is 759 Å². The number of esters is 10. The van der Waals surface area contributed by atoms with Gasteiger partial charge in [0.05, 0.1) is 76.0 Å². The van der Waals surface area contributed by atoms with Crippen molar-refractivity contribution in [3.05, 3.63) is 0 Å². The SMILES string of the molecule is C.C.C.C.C.C.CC1C(=O)OC(=O)C1C.CC1C(=O)OC(=O)C1C.CC1C2CC(C(=O)OC(C)(C)C34CC5CC(CC(C5)C3)C4)C(C2)C1C.CC1C2CC(C(=O)OC3(C)C4CC5CC(C4)CC3C5)C(C2)C1C.CCC(C)C(=O)OC12CC3CC(CC(O)(C3)C1)C2.CCC(C)C(=O)OC12CC3CC(O)(CC(O)(C3)C1)C2.CCC(C)C(=O)OC1C2CC3C(=O)OC1C3C2. The van der Waals surface area contributed by atoms with Crippen molar-refractivity contribution in [3.63, 3.8) is 0 Å². The number of carbonyl (C=O) groups excluding carboxylic acids is 10. The largest absolute Gasteiger partial charge is 0.459 e. The van der Waals surface area contributed by atoms with Crippen LogP contribution in [0.4, 0.5) is 0 Å². The van der Waals surface area contributed by atoms with Crippen LogP contribution in [0.15, 0.2) is 0 Å². The van der Waals surface area contributed by atoms with Crippen molar-refractivity contribution in [2.24, 2.45) is 183 Å². The van der Waals surface area contributed by atoms with E-state index in [1.54, 1.807) is 27.7 Å². The minimum Gasteiger partial charge on any atom is -0.459 e. The second-order valence-electron chi connectivity index (χ2n) is 46.2. The maximum atomic E-state index is 13.2. The van der Waals surface area contributed by atoms with Crippen LogP contribution in [0.5, 0.6) is 0 Å². The molecule has 0 aromatic carbocycles. The molecule has 25 aliphatic rings. The summed E-state index contributed by atoms with van der Waals surface area (Å²) in [7, 11) is 0. The van der Waals surface area contributed by atoms with Crippen LogP contribution in [0, 0.1) is 183 Å². The molecule has 26 atom stereocenters. The van der Waals surface area contributed by atoms with E-state index in [1.165, 1.54) is 89.9 Å². The molecule has 21 nitrogen and oxygen atoms in total. The third-order valence-corrected chi connectivity index (χ3v) is 37.8. The van der Waals surface area contributed by atoms with Crippen LogP contribution >= 0.6 is 0 Å². The first-order valence-electron chi connectivity index (χ1n) is 48.3. The van der Waals surface area contributed by atoms with Crippen LogP contribution in [0.25, 0.3) is 0 Å². The van der Waals surface area contributed by atoms with Crippen molar-refractivity contribution in [1.82, 2.24) is 0 Å². The van der Waals surface area contributed by atoms with E-state index < -0.39 is 46.3 Å². The lowest BCUT2D eigenvalue weighted by Crippen LogP contribution is -2.67. The molecule has 0 radical (unpaired) electrons. The van der Waals surface area contributed by atoms with Crippen molar-refractivity contribution in [2.45, 2.75) is 419 Å². The number of hydrogen-bond acceptors (Lipinski definition) is 21. The van der Waals surface area contributed by atoms with Gasteiger partial charge in [-0.15, -0.1) is 0 Å². The van der Waals surface area contributed by atoms with Crippen LogP contribution in [-0.2, 0) is 85.8 Å². The maximum absolute atomic E-state index is 13.2. The highest BCUT2D eigenvalue weighted by atomic mass is 16.6. The van der Waals surface area contributed by atoms with Crippen molar-refractivity contribution in [3.8, 4) is 0 Å². The molecule has 3 saturated heterocycles. The molecule has 26 unspecified atom stereocenters. The topological polar surface area (TPSA) is 305 Å². The molecule has 0 spiro atoms. The average Bonchev–Trinajstić information content (AvgIpc) is 1.26. The summed E-state index contributed by atoms with van der Waals surface area (Å²) in [5, 5.41) is 31.8. The summed E-state index contributed by atoms with van der Waals surface area (Å²) in [5.74, 6) is 11.2. The summed E-state index contributed by atoms with van der Waals surface area (Å²) < 4.78 is 44.0. The Morgan fingerprint density at radius 2 is 0.770 bits per heavy atom. The molecule has 720 valence electrons. The van der Waals surface area contributed by atoms with E-state index in [4.69, 9.17) is 28.4 Å². The van der Waals surface area contributed by atoms with Gasteiger partial charge < -0.3 is 53.2 Å². The molecule has 0 aromatic heterocycles. The molecule has 0 aromatic rings. The van der Waals surface area contributed by atoms with Crippen LogP contribution < -0.4 is 0 Å². The number of rotatable bonds is 14. The van der Waals surface area contributed by atoms with E-state index in [2.05, 4.69) is 57.9 Å². The molecule has 0 amide bonds. The van der Waals surface area contributed by atoms with E-state index in [-0.39, 0.29) is 180 Å². The summed E-state index contributed by atoms with van der Waals surface area (Å²) in [6.07, 6.45) is 33.1. The smallest absolute Gasteiger partial charge is 0.317 e. The van der Waals surface area contributed by atoms with Gasteiger partial charge >= 0.3 is 59.7 Å². The van der Waals surface area contributed by atoms with E-state index in [1.807, 2.05) is 41.5 Å². The standard InChI is InChI=1S/C23H36O2.C21H32O2.C15H24O4.C15H24O3.C13H18O4.2C6H8O3.6CH4/c1-13-14(2)19-8-18(13)9-20(19)21(24)25-22(3,4)23-10-15-5-16(11-23)7-17(6-15)12-23;1-11-12(2)18-9-15(11)10-19(18)20(22)23-21(3)16-5-13-4-14(7-16)8-17(21)6-13;1-3-10(2)12(16)19-15-6-11-4-13(17,8-15)7-14(18,5-11)9-15;1-3-10(2)13(16)18-15-7-11-4-12(8-15)6-14(17,5-11)9-15;1-3-6(2)12(14)16-10-7-4-8-9(5-7)13(15)17-11(8)10;2*1-3-4(2)6(8)9-5(3)7;;;;;;/h13-20H,5-12H2,1-4H3;11-19H,4-10H2,1-3H3;10-11,17-18H,3-9H2,1-2H3;10-12,17H,3-9H2,1-2H3;6-11H,3-5H2,1-2H3;2*3-4H,1-2H3;6*1H4. The predicted molar refractivity (Wildman–Crippen MR) is 484 cm³/mol. The molecule has 21 heteroatoms. The Hall–Kier alpha value is -5.02. The zero-order valence-corrected chi connectivity index (χ0v) is 75.8. The summed E-state index contributed by atoms with van der Waals surface area (Å²) in [4.78, 5) is 116. The molecule has 22 aliphatic carbocycles. The summed E-state index contributed by atoms with van der Waals surface area (Å²) in [6.45, 7) is 34.7. The van der Waals surface area contributed by atoms with Crippen LogP contribution in [-0.4, -0.2) is 126 Å². The van der Waals surface area contributed by atoms with E-state index >= 15 is 0 Å². The molecule has 25 rings (SSSR count). The monoisotopic (exact) mass is 1770 g/mol. The van der Waals surface area contributed by atoms with Gasteiger partial charge in [-0.1, -0.05) is 141 Å². The number of ether oxygens (including phenoxy) is 8. The van der Waals surface area contributed by atoms with Gasteiger partial charge in [-0.05, 0) is 307 Å². The van der Waals surface area contributed by atoms with Gasteiger partial charge in [-0.2, -0.15) is 0 Å². The molecule has 25 fully saturated rings. The van der Waals surface area contributed by atoms with Gasteiger partial charge in [-0.3, -0.25) is 47.9 Å². The van der Waals surface area contributed by atoms with Gasteiger partial charge in [0.15, 0.2) is 0 Å². The summed E-state index contributed by atoms with van der Waals surface area (Å²) in [5.41, 5.74) is -3.30. The van der Waals surface area contributed by atoms with Crippen molar-refractivity contribution < 1.29 is 101 Å². The number of cyclic esters (lactones) is 4. The zero-order chi connectivity index (χ0) is 86.5. The lowest BCUT2D eigenvalue weighted by Gasteiger charge is -2.62. The molecule has 3 N–H and O–H groups in total. The van der Waals surface area contributed by atoms with Crippen molar-refractivity contribution >= 4 is 59.7 Å². The second kappa shape index (κ2) is 38.9. The van der Waals surface area contributed by atoms with E-state index in [0.29, 0.717) is 84.9 Å². The first kappa shape index (κ1) is 105. The minimum absolute atomic E-state index is 0. The lowest BCUT2D eigenvalue weighted by atomic mass is 9.46. The molecule has 22 saturated carbocycles. The normalized spacial score (nSPS) is 46.5. The van der Waals surface area contributed by atoms with Crippen LogP contribution in [0.1, 0.15) is 368 Å². The maximum Gasteiger partial charge on any atom is 0.317 e. The fourth-order valence-electron chi connectivity index (χ4n) is 30.7. The zero-order valence-electron chi connectivity index (χ0n) is 75.8. The number of aliphatic hydroxyl groups is 3. The highest BCUT2D eigenvalue weighted by molar-refractivity contribution is 5.96. The summed E-state index contributed by atoms with van der Waals surface area (Å²) >= 11 is 0. The van der Waals surface area contributed by atoms with Crippen molar-refractivity contribution in [2.75, 3.05) is 0 Å². The molecule has 3 heterocycles. The van der Waals surface area contributed by atoms with Crippen molar-refractivity contribution in [1.29, 1.82) is 0 Å². The third kappa shape index (κ3) is 20.0. The first-order valence-corrected chi connectivity index (χ1v) is 48.3. The van der Waals surface area contributed by atoms with Gasteiger partial charge in [-0.25, -0.2) is 0 Å². The Bertz CT molecular complexity index is 3720. The van der Waals surface area contributed by atoms with Gasteiger partial charge in [0.1, 0.15) is 34.6 Å². The fraction of sp³-hybridized carbons (Fsp3) is 0.905.